The number of hydrogen-bond acceptors (Lipinski definition) is 2. The first-order valence-corrected chi connectivity index (χ1v) is 6.74. The second-order valence-electron chi connectivity index (χ2n) is 4.51. The third-order valence-corrected chi connectivity index (χ3v) is 3.72. The van der Waals surface area contributed by atoms with Crippen LogP contribution in [0.1, 0.15) is 22.7 Å². The van der Waals surface area contributed by atoms with Gasteiger partial charge in [0.25, 0.3) is 0 Å². The Morgan fingerprint density at radius 1 is 1.10 bits per heavy atom. The van der Waals surface area contributed by atoms with Gasteiger partial charge in [-0.15, -0.1) is 0 Å². The van der Waals surface area contributed by atoms with Crippen LogP contribution < -0.4 is 10.5 Å². The lowest BCUT2D eigenvalue weighted by molar-refractivity contribution is 0.415. The van der Waals surface area contributed by atoms with Crippen molar-refractivity contribution < 1.29 is 9.13 Å². The molecule has 0 aliphatic rings. The van der Waals surface area contributed by atoms with Gasteiger partial charge >= 0.3 is 0 Å². The molecule has 0 aliphatic carbocycles. The standard InChI is InChI=1S/C15H14Cl2FNO/c1-8-3-4-13(18)10(5-8)15(19)9-6-12(17)14(20-2)7-11(9)16/h3-7,15H,19H2,1-2H3. The average Bonchev–Trinajstić information content (AvgIpc) is 2.42. The highest BCUT2D eigenvalue weighted by molar-refractivity contribution is 6.34. The zero-order valence-corrected chi connectivity index (χ0v) is 12.6. The molecule has 0 radical (unpaired) electrons. The molecule has 0 saturated carbocycles. The van der Waals surface area contributed by atoms with Crippen molar-refractivity contribution in [1.29, 1.82) is 0 Å². The van der Waals surface area contributed by atoms with Crippen LogP contribution in [0.2, 0.25) is 10.0 Å². The second kappa shape index (κ2) is 6.00. The lowest BCUT2D eigenvalue weighted by Gasteiger charge is -2.17. The Morgan fingerprint density at radius 2 is 1.80 bits per heavy atom. The van der Waals surface area contributed by atoms with Gasteiger partial charge in [-0.25, -0.2) is 4.39 Å². The van der Waals surface area contributed by atoms with Crippen LogP contribution in [0.4, 0.5) is 4.39 Å². The molecule has 0 fully saturated rings. The van der Waals surface area contributed by atoms with Gasteiger partial charge in [-0.1, -0.05) is 40.9 Å². The van der Waals surface area contributed by atoms with Crippen molar-refractivity contribution >= 4 is 23.2 Å². The molecule has 2 rings (SSSR count). The number of rotatable bonds is 3. The van der Waals surface area contributed by atoms with Gasteiger partial charge in [0.15, 0.2) is 0 Å². The first kappa shape index (κ1) is 15.1. The Morgan fingerprint density at radius 3 is 2.45 bits per heavy atom. The summed E-state index contributed by atoms with van der Waals surface area (Å²) >= 11 is 12.2. The minimum atomic E-state index is -0.689. The van der Waals surface area contributed by atoms with Crippen LogP contribution in [0, 0.1) is 12.7 Å². The highest BCUT2D eigenvalue weighted by Crippen LogP contribution is 2.35. The number of halogens is 3. The lowest BCUT2D eigenvalue weighted by atomic mass is 9.97. The van der Waals surface area contributed by atoms with Crippen molar-refractivity contribution in [2.75, 3.05) is 7.11 Å². The van der Waals surface area contributed by atoms with E-state index >= 15 is 0 Å². The molecule has 0 saturated heterocycles. The van der Waals surface area contributed by atoms with Crippen LogP contribution >= 0.6 is 23.2 Å². The summed E-state index contributed by atoms with van der Waals surface area (Å²) in [5.41, 5.74) is 7.99. The Balaban J connectivity index is 2.50. The highest BCUT2D eigenvalue weighted by Gasteiger charge is 2.18. The normalized spacial score (nSPS) is 12.3. The lowest BCUT2D eigenvalue weighted by Crippen LogP contribution is -2.14. The number of nitrogens with two attached hydrogens (primary N) is 1. The van der Waals surface area contributed by atoms with Gasteiger partial charge in [-0.2, -0.15) is 0 Å². The molecular weight excluding hydrogens is 300 g/mol. The summed E-state index contributed by atoms with van der Waals surface area (Å²) in [5, 5.41) is 0.773. The number of ether oxygens (including phenoxy) is 1. The van der Waals surface area contributed by atoms with E-state index in [9.17, 15) is 4.39 Å². The molecule has 106 valence electrons. The zero-order chi connectivity index (χ0) is 14.9. The minimum Gasteiger partial charge on any atom is -0.495 e. The largest absolute Gasteiger partial charge is 0.495 e. The van der Waals surface area contributed by atoms with Gasteiger partial charge in [0.05, 0.1) is 18.2 Å². The van der Waals surface area contributed by atoms with Crippen molar-refractivity contribution in [3.63, 3.8) is 0 Å². The Bertz CT molecular complexity index is 646. The van der Waals surface area contributed by atoms with Crippen molar-refractivity contribution in [3.8, 4) is 5.75 Å². The van der Waals surface area contributed by atoms with E-state index in [0.717, 1.165) is 5.56 Å². The summed E-state index contributed by atoms with van der Waals surface area (Å²) < 4.78 is 19.0. The van der Waals surface area contributed by atoms with E-state index in [1.165, 1.54) is 13.2 Å². The van der Waals surface area contributed by atoms with E-state index in [4.69, 9.17) is 33.7 Å². The first-order chi connectivity index (χ1) is 9.43. The molecule has 20 heavy (non-hydrogen) atoms. The fourth-order valence-electron chi connectivity index (χ4n) is 2.01. The Hall–Kier alpha value is -1.29. The van der Waals surface area contributed by atoms with Crippen LogP contribution in [-0.4, -0.2) is 7.11 Å². The molecule has 2 aromatic carbocycles. The van der Waals surface area contributed by atoms with Gasteiger partial charge in [0, 0.05) is 16.7 Å². The topological polar surface area (TPSA) is 35.2 Å². The van der Waals surface area contributed by atoms with Crippen LogP contribution in [0.5, 0.6) is 5.75 Å². The number of benzene rings is 2. The maximum absolute atomic E-state index is 13.9. The fourth-order valence-corrected chi connectivity index (χ4v) is 2.53. The third kappa shape index (κ3) is 2.90. The number of aryl methyl sites for hydroxylation is 1. The minimum absolute atomic E-state index is 0.369. The second-order valence-corrected chi connectivity index (χ2v) is 5.33. The molecule has 1 unspecified atom stereocenters. The molecule has 2 N–H and O–H groups in total. The monoisotopic (exact) mass is 313 g/mol. The molecule has 0 bridgehead atoms. The molecule has 0 spiro atoms. The average molecular weight is 314 g/mol. The molecule has 0 heterocycles. The SMILES string of the molecule is COc1cc(Cl)c(C(N)c2cc(C)ccc2F)cc1Cl. The molecule has 0 amide bonds. The van der Waals surface area contributed by atoms with E-state index in [0.29, 0.717) is 26.9 Å². The summed E-state index contributed by atoms with van der Waals surface area (Å²) in [6, 6.07) is 7.28. The van der Waals surface area contributed by atoms with Crippen molar-refractivity contribution in [3.05, 3.63) is 62.9 Å². The first-order valence-electron chi connectivity index (χ1n) is 5.98. The van der Waals surface area contributed by atoms with Gasteiger partial charge in [0.1, 0.15) is 11.6 Å². The summed E-state index contributed by atoms with van der Waals surface area (Å²) in [7, 11) is 1.50. The van der Waals surface area contributed by atoms with Gasteiger partial charge < -0.3 is 10.5 Å². The molecule has 0 aromatic heterocycles. The number of methoxy groups -OCH3 is 1. The summed E-state index contributed by atoms with van der Waals surface area (Å²) in [6.07, 6.45) is 0. The smallest absolute Gasteiger partial charge is 0.138 e. The van der Waals surface area contributed by atoms with Crippen LogP contribution in [0.25, 0.3) is 0 Å². The fraction of sp³-hybridized carbons (Fsp3) is 0.200. The number of hydrogen-bond donors (Lipinski definition) is 1. The Labute approximate surface area is 127 Å². The van der Waals surface area contributed by atoms with Crippen LogP contribution in [-0.2, 0) is 0 Å². The predicted molar refractivity (Wildman–Crippen MR) is 80.2 cm³/mol. The van der Waals surface area contributed by atoms with Crippen molar-refractivity contribution in [2.24, 2.45) is 5.73 Å². The molecule has 0 aliphatic heterocycles. The molecule has 2 aromatic rings. The van der Waals surface area contributed by atoms with Crippen LogP contribution in [0.15, 0.2) is 30.3 Å². The summed E-state index contributed by atoms with van der Waals surface area (Å²) in [4.78, 5) is 0. The van der Waals surface area contributed by atoms with Gasteiger partial charge in [-0.05, 0) is 24.6 Å². The van der Waals surface area contributed by atoms with E-state index < -0.39 is 6.04 Å². The molecule has 5 heteroatoms. The van der Waals surface area contributed by atoms with E-state index in [-0.39, 0.29) is 5.82 Å². The third-order valence-electron chi connectivity index (χ3n) is 3.09. The highest BCUT2D eigenvalue weighted by atomic mass is 35.5. The van der Waals surface area contributed by atoms with Gasteiger partial charge in [-0.3, -0.25) is 0 Å². The molecule has 1 atom stereocenters. The predicted octanol–water partition coefficient (Wildman–Crippen LogP) is 4.50. The maximum atomic E-state index is 13.9. The maximum Gasteiger partial charge on any atom is 0.138 e. The van der Waals surface area contributed by atoms with E-state index in [1.54, 1.807) is 24.3 Å². The summed E-state index contributed by atoms with van der Waals surface area (Å²) in [6.45, 7) is 1.87. The van der Waals surface area contributed by atoms with Crippen LogP contribution in [0.3, 0.4) is 0 Å². The van der Waals surface area contributed by atoms with E-state index in [2.05, 4.69) is 0 Å². The molecule has 2 nitrogen and oxygen atoms in total. The quantitative estimate of drug-likeness (QED) is 0.905. The summed E-state index contributed by atoms with van der Waals surface area (Å²) in [5.74, 6) is 0.0865. The van der Waals surface area contributed by atoms with Crippen molar-refractivity contribution in [1.82, 2.24) is 0 Å². The Kier molecular flexibility index (Phi) is 4.53. The zero-order valence-electron chi connectivity index (χ0n) is 11.1. The van der Waals surface area contributed by atoms with Gasteiger partial charge in [0.2, 0.25) is 0 Å². The van der Waals surface area contributed by atoms with Crippen molar-refractivity contribution in [2.45, 2.75) is 13.0 Å². The molecular formula is C15H14Cl2FNO. The van der Waals surface area contributed by atoms with E-state index in [1.807, 2.05) is 6.92 Å².